The number of ether oxygens (including phenoxy) is 1. The summed E-state index contributed by atoms with van der Waals surface area (Å²) in [6.45, 7) is 3.28. The van der Waals surface area contributed by atoms with Crippen LogP contribution in [0.3, 0.4) is 0 Å². The summed E-state index contributed by atoms with van der Waals surface area (Å²) in [6, 6.07) is 7.04. The van der Waals surface area contributed by atoms with Crippen molar-refractivity contribution in [3.05, 3.63) is 29.3 Å². The van der Waals surface area contributed by atoms with Gasteiger partial charge in [-0.3, -0.25) is 0 Å². The van der Waals surface area contributed by atoms with Crippen LogP contribution in [0.15, 0.2) is 18.2 Å². The molecule has 1 aromatic rings. The Balaban J connectivity index is 2.06. The molecular weight excluding hydrogens is 224 g/mol. The summed E-state index contributed by atoms with van der Waals surface area (Å²) in [4.78, 5) is 0. The SMILES string of the molecule is CCc1cc(C(N)CC2CCCN2)ccc1OC. The highest BCUT2D eigenvalue weighted by molar-refractivity contribution is 5.38. The molecule has 3 N–H and O–H groups in total. The molecule has 0 aliphatic carbocycles. The first kappa shape index (κ1) is 13.4. The van der Waals surface area contributed by atoms with Gasteiger partial charge in [0, 0.05) is 12.1 Å². The minimum atomic E-state index is 0.122. The normalized spacial score (nSPS) is 20.9. The standard InChI is InChI=1S/C15H24N2O/c1-3-11-9-12(6-7-15(11)18-2)14(16)10-13-5-4-8-17-13/h6-7,9,13-14,17H,3-5,8,10,16H2,1-2H3. The van der Waals surface area contributed by atoms with Gasteiger partial charge in [-0.1, -0.05) is 19.1 Å². The second kappa shape index (κ2) is 6.21. The second-order valence-corrected chi connectivity index (χ2v) is 5.06. The van der Waals surface area contributed by atoms with Crippen molar-refractivity contribution in [3.8, 4) is 5.75 Å². The topological polar surface area (TPSA) is 47.3 Å². The quantitative estimate of drug-likeness (QED) is 0.841. The number of aryl methyl sites for hydroxylation is 1. The summed E-state index contributed by atoms with van der Waals surface area (Å²) in [6.07, 6.45) is 4.53. The van der Waals surface area contributed by atoms with Crippen LogP contribution < -0.4 is 15.8 Å². The van der Waals surface area contributed by atoms with E-state index >= 15 is 0 Å². The van der Waals surface area contributed by atoms with Crippen LogP contribution in [-0.4, -0.2) is 19.7 Å². The van der Waals surface area contributed by atoms with Crippen molar-refractivity contribution in [3.63, 3.8) is 0 Å². The summed E-state index contributed by atoms with van der Waals surface area (Å²) in [7, 11) is 1.72. The van der Waals surface area contributed by atoms with Crippen LogP contribution in [0.4, 0.5) is 0 Å². The summed E-state index contributed by atoms with van der Waals surface area (Å²) >= 11 is 0. The van der Waals surface area contributed by atoms with E-state index in [1.54, 1.807) is 7.11 Å². The first-order valence-electron chi connectivity index (χ1n) is 6.90. The molecule has 1 heterocycles. The predicted octanol–water partition coefficient (Wildman–Crippen LogP) is 2.40. The van der Waals surface area contributed by atoms with Crippen molar-refractivity contribution in [2.75, 3.05) is 13.7 Å². The number of nitrogens with one attached hydrogen (secondary N) is 1. The highest BCUT2D eigenvalue weighted by Crippen LogP contribution is 2.26. The molecule has 18 heavy (non-hydrogen) atoms. The lowest BCUT2D eigenvalue weighted by Gasteiger charge is -2.18. The Morgan fingerprint density at radius 3 is 2.94 bits per heavy atom. The fourth-order valence-electron chi connectivity index (χ4n) is 2.71. The average molecular weight is 248 g/mol. The minimum Gasteiger partial charge on any atom is -0.496 e. The van der Waals surface area contributed by atoms with Gasteiger partial charge in [-0.25, -0.2) is 0 Å². The molecule has 3 heteroatoms. The van der Waals surface area contributed by atoms with Gasteiger partial charge in [-0.2, -0.15) is 0 Å². The van der Waals surface area contributed by atoms with Crippen LogP contribution in [0.1, 0.15) is 43.4 Å². The molecule has 1 aliphatic heterocycles. The summed E-state index contributed by atoms with van der Waals surface area (Å²) in [5.74, 6) is 0.965. The van der Waals surface area contributed by atoms with Crippen LogP contribution in [-0.2, 0) is 6.42 Å². The van der Waals surface area contributed by atoms with E-state index in [1.165, 1.54) is 24.0 Å². The third-order valence-electron chi connectivity index (χ3n) is 3.81. The lowest BCUT2D eigenvalue weighted by atomic mass is 9.97. The summed E-state index contributed by atoms with van der Waals surface area (Å²) in [5, 5.41) is 3.50. The van der Waals surface area contributed by atoms with Crippen molar-refractivity contribution >= 4 is 0 Å². The Bertz CT molecular complexity index is 386. The molecule has 2 unspecified atom stereocenters. The zero-order valence-corrected chi connectivity index (χ0v) is 11.4. The molecule has 1 saturated heterocycles. The molecule has 0 amide bonds. The van der Waals surface area contributed by atoms with E-state index in [1.807, 2.05) is 6.07 Å². The zero-order valence-electron chi connectivity index (χ0n) is 11.4. The lowest BCUT2D eigenvalue weighted by Crippen LogP contribution is -2.26. The van der Waals surface area contributed by atoms with E-state index in [9.17, 15) is 0 Å². The number of benzene rings is 1. The maximum Gasteiger partial charge on any atom is 0.122 e. The predicted molar refractivity (Wildman–Crippen MR) is 74.9 cm³/mol. The molecule has 2 rings (SSSR count). The minimum absolute atomic E-state index is 0.122. The van der Waals surface area contributed by atoms with Crippen molar-refractivity contribution in [1.82, 2.24) is 5.32 Å². The first-order valence-corrected chi connectivity index (χ1v) is 6.90. The molecule has 0 spiro atoms. The maximum atomic E-state index is 6.31. The van der Waals surface area contributed by atoms with Gasteiger partial charge in [0.15, 0.2) is 0 Å². The monoisotopic (exact) mass is 248 g/mol. The van der Waals surface area contributed by atoms with Gasteiger partial charge in [-0.15, -0.1) is 0 Å². The molecule has 3 nitrogen and oxygen atoms in total. The molecular formula is C15H24N2O. The van der Waals surface area contributed by atoms with Crippen LogP contribution in [0.2, 0.25) is 0 Å². The number of nitrogens with two attached hydrogens (primary N) is 1. The second-order valence-electron chi connectivity index (χ2n) is 5.06. The van der Waals surface area contributed by atoms with Crippen LogP contribution in [0, 0.1) is 0 Å². The number of hydrogen-bond acceptors (Lipinski definition) is 3. The Morgan fingerprint density at radius 2 is 2.33 bits per heavy atom. The third kappa shape index (κ3) is 3.03. The van der Waals surface area contributed by atoms with E-state index in [2.05, 4.69) is 24.4 Å². The molecule has 2 atom stereocenters. The van der Waals surface area contributed by atoms with Gasteiger partial charge >= 0.3 is 0 Å². The maximum absolute atomic E-state index is 6.31. The molecule has 100 valence electrons. The van der Waals surface area contributed by atoms with E-state index in [0.717, 1.165) is 25.1 Å². The van der Waals surface area contributed by atoms with E-state index in [4.69, 9.17) is 10.5 Å². The van der Waals surface area contributed by atoms with E-state index in [-0.39, 0.29) is 6.04 Å². The highest BCUT2D eigenvalue weighted by atomic mass is 16.5. The Kier molecular flexibility index (Phi) is 4.61. The Morgan fingerprint density at radius 1 is 1.50 bits per heavy atom. The van der Waals surface area contributed by atoms with Crippen molar-refractivity contribution < 1.29 is 4.74 Å². The van der Waals surface area contributed by atoms with E-state index in [0.29, 0.717) is 6.04 Å². The number of methoxy groups -OCH3 is 1. The molecule has 1 aliphatic rings. The molecule has 0 bridgehead atoms. The Labute approximate surface area is 110 Å². The average Bonchev–Trinajstić information content (AvgIpc) is 2.90. The van der Waals surface area contributed by atoms with Crippen molar-refractivity contribution in [2.24, 2.45) is 5.73 Å². The van der Waals surface area contributed by atoms with Crippen molar-refractivity contribution in [2.45, 2.75) is 44.7 Å². The zero-order chi connectivity index (χ0) is 13.0. The van der Waals surface area contributed by atoms with Gasteiger partial charge in [-0.05, 0) is 49.4 Å². The molecule has 1 aromatic carbocycles. The summed E-state index contributed by atoms with van der Waals surface area (Å²) in [5.41, 5.74) is 8.77. The van der Waals surface area contributed by atoms with Gasteiger partial charge in [0.2, 0.25) is 0 Å². The Hall–Kier alpha value is -1.06. The fraction of sp³-hybridized carbons (Fsp3) is 0.600. The van der Waals surface area contributed by atoms with Crippen LogP contribution in [0.5, 0.6) is 5.75 Å². The van der Waals surface area contributed by atoms with Gasteiger partial charge in [0.1, 0.15) is 5.75 Å². The van der Waals surface area contributed by atoms with Crippen LogP contribution in [0.25, 0.3) is 0 Å². The van der Waals surface area contributed by atoms with Crippen molar-refractivity contribution in [1.29, 1.82) is 0 Å². The largest absolute Gasteiger partial charge is 0.496 e. The fourth-order valence-corrected chi connectivity index (χ4v) is 2.71. The molecule has 0 radical (unpaired) electrons. The highest BCUT2D eigenvalue weighted by Gasteiger charge is 2.18. The van der Waals surface area contributed by atoms with Crippen LogP contribution >= 0.6 is 0 Å². The van der Waals surface area contributed by atoms with Gasteiger partial charge in [0.25, 0.3) is 0 Å². The van der Waals surface area contributed by atoms with Gasteiger partial charge < -0.3 is 15.8 Å². The smallest absolute Gasteiger partial charge is 0.122 e. The molecule has 1 fully saturated rings. The lowest BCUT2D eigenvalue weighted by molar-refractivity contribution is 0.409. The van der Waals surface area contributed by atoms with E-state index < -0.39 is 0 Å². The van der Waals surface area contributed by atoms with Gasteiger partial charge in [0.05, 0.1) is 7.11 Å². The third-order valence-corrected chi connectivity index (χ3v) is 3.81. The number of hydrogen-bond donors (Lipinski definition) is 2. The molecule has 0 saturated carbocycles. The summed E-state index contributed by atoms with van der Waals surface area (Å²) < 4.78 is 5.35. The first-order chi connectivity index (χ1) is 8.74. The number of rotatable bonds is 5. The molecule has 0 aromatic heterocycles.